The third-order valence-electron chi connectivity index (χ3n) is 4.64. The van der Waals surface area contributed by atoms with Gasteiger partial charge in [-0.3, -0.25) is 4.40 Å². The Kier molecular flexibility index (Phi) is 4.50. The molecule has 0 spiro atoms. The molecule has 2 unspecified atom stereocenters. The van der Waals surface area contributed by atoms with Crippen molar-refractivity contribution < 1.29 is 0 Å². The van der Waals surface area contributed by atoms with Crippen molar-refractivity contribution in [3.63, 3.8) is 0 Å². The fraction of sp³-hybridized carbons (Fsp3) is 0.688. The summed E-state index contributed by atoms with van der Waals surface area (Å²) in [4.78, 5) is 8.54. The first-order chi connectivity index (χ1) is 10.2. The number of hydrogen-bond donors (Lipinski definition) is 1. The first kappa shape index (κ1) is 14.9. The number of rotatable bonds is 4. The molecule has 0 radical (unpaired) electrons. The Hall–Kier alpha value is -1.07. The van der Waals surface area contributed by atoms with Gasteiger partial charge in [-0.1, -0.05) is 19.8 Å². The van der Waals surface area contributed by atoms with Crippen molar-refractivity contribution in [3.8, 4) is 0 Å². The minimum Gasteiger partial charge on any atom is -0.352 e. The van der Waals surface area contributed by atoms with Gasteiger partial charge in [-0.05, 0) is 26.2 Å². The summed E-state index contributed by atoms with van der Waals surface area (Å²) in [6, 6.07) is 0.791. The average molecular weight is 306 g/mol. The molecule has 2 aromatic heterocycles. The Bertz CT molecular complexity index is 588. The highest BCUT2D eigenvalue weighted by Gasteiger charge is 2.25. The van der Waals surface area contributed by atoms with Crippen LogP contribution in [-0.2, 0) is 6.42 Å². The minimum absolute atomic E-state index is 0.214. The fourth-order valence-corrected chi connectivity index (χ4v) is 3.95. The molecule has 5 heteroatoms. The summed E-state index contributed by atoms with van der Waals surface area (Å²) in [5, 5.41) is 2.11. The smallest absolute Gasteiger partial charge is 0.195 e. The van der Waals surface area contributed by atoms with Crippen LogP contribution in [0.5, 0.6) is 0 Å². The van der Waals surface area contributed by atoms with Crippen LogP contribution in [-0.4, -0.2) is 28.0 Å². The Labute approximate surface area is 131 Å². The molecule has 4 nitrogen and oxygen atoms in total. The van der Waals surface area contributed by atoms with Crippen LogP contribution in [0.2, 0.25) is 0 Å². The molecular formula is C16H26N4S. The lowest BCUT2D eigenvalue weighted by atomic mass is 10.1. The molecule has 2 N–H and O–H groups in total. The molecule has 0 amide bonds. The van der Waals surface area contributed by atoms with E-state index >= 15 is 0 Å². The predicted molar refractivity (Wildman–Crippen MR) is 90.3 cm³/mol. The predicted octanol–water partition coefficient (Wildman–Crippen LogP) is 3.44. The van der Waals surface area contributed by atoms with Gasteiger partial charge in [-0.2, -0.15) is 0 Å². The molecule has 116 valence electrons. The van der Waals surface area contributed by atoms with Gasteiger partial charge >= 0.3 is 0 Å². The quantitative estimate of drug-likeness (QED) is 0.941. The number of imidazole rings is 1. The Balaban J connectivity index is 1.99. The lowest BCUT2D eigenvalue weighted by Crippen LogP contribution is -2.34. The van der Waals surface area contributed by atoms with Gasteiger partial charge in [0, 0.05) is 36.6 Å². The maximum absolute atomic E-state index is 6.23. The van der Waals surface area contributed by atoms with E-state index in [9.17, 15) is 0 Å². The van der Waals surface area contributed by atoms with Crippen LogP contribution < -0.4 is 10.6 Å². The normalized spacial score (nSPS) is 21.7. The van der Waals surface area contributed by atoms with Crippen molar-refractivity contribution in [1.29, 1.82) is 0 Å². The van der Waals surface area contributed by atoms with Gasteiger partial charge in [0.1, 0.15) is 0 Å². The van der Waals surface area contributed by atoms with Crippen LogP contribution in [0.1, 0.15) is 51.6 Å². The summed E-state index contributed by atoms with van der Waals surface area (Å²) in [5.41, 5.74) is 7.53. The average Bonchev–Trinajstić information content (AvgIpc) is 2.98. The molecule has 3 rings (SSSR count). The fourth-order valence-electron chi connectivity index (χ4n) is 3.22. The largest absolute Gasteiger partial charge is 0.352 e. The van der Waals surface area contributed by atoms with E-state index < -0.39 is 0 Å². The molecule has 3 heterocycles. The lowest BCUT2D eigenvalue weighted by molar-refractivity contribution is 0.600. The van der Waals surface area contributed by atoms with E-state index in [-0.39, 0.29) is 6.04 Å². The van der Waals surface area contributed by atoms with E-state index in [1.54, 1.807) is 11.3 Å². The maximum atomic E-state index is 6.23. The molecule has 0 aliphatic carbocycles. The van der Waals surface area contributed by atoms with Gasteiger partial charge in [-0.25, -0.2) is 4.98 Å². The number of nitrogens with zero attached hydrogens (tertiary/aromatic N) is 3. The highest BCUT2D eigenvalue weighted by molar-refractivity contribution is 7.15. The summed E-state index contributed by atoms with van der Waals surface area (Å²) in [5.74, 6) is 1.18. The Morgan fingerprint density at radius 3 is 3.10 bits per heavy atom. The van der Waals surface area contributed by atoms with Crippen molar-refractivity contribution in [2.75, 3.05) is 11.4 Å². The molecule has 2 aromatic rings. The highest BCUT2D eigenvalue weighted by Crippen LogP contribution is 2.30. The summed E-state index contributed by atoms with van der Waals surface area (Å²) < 4.78 is 2.24. The summed E-state index contributed by atoms with van der Waals surface area (Å²) in [7, 11) is 0. The highest BCUT2D eigenvalue weighted by atomic mass is 32.1. The van der Waals surface area contributed by atoms with E-state index in [2.05, 4.69) is 34.7 Å². The van der Waals surface area contributed by atoms with Gasteiger partial charge in [-0.15, -0.1) is 11.3 Å². The number of thiazole rings is 1. The SMILES string of the molecule is CCC(N)Cc1c(N2CCCCCC2C)nc2sccn12. The van der Waals surface area contributed by atoms with Crippen LogP contribution in [0.4, 0.5) is 5.82 Å². The molecule has 0 aromatic carbocycles. The lowest BCUT2D eigenvalue weighted by Gasteiger charge is -2.28. The Morgan fingerprint density at radius 2 is 2.29 bits per heavy atom. The van der Waals surface area contributed by atoms with Gasteiger partial charge in [0.2, 0.25) is 0 Å². The molecule has 2 atom stereocenters. The minimum atomic E-state index is 0.214. The number of nitrogens with two attached hydrogens (primary N) is 1. The molecule has 0 saturated carbocycles. The first-order valence-electron chi connectivity index (χ1n) is 8.17. The second-order valence-electron chi connectivity index (χ2n) is 6.20. The van der Waals surface area contributed by atoms with Gasteiger partial charge in [0.25, 0.3) is 0 Å². The van der Waals surface area contributed by atoms with Crippen molar-refractivity contribution in [1.82, 2.24) is 9.38 Å². The molecular weight excluding hydrogens is 280 g/mol. The monoisotopic (exact) mass is 306 g/mol. The summed E-state index contributed by atoms with van der Waals surface area (Å²) in [6.07, 6.45) is 9.27. The van der Waals surface area contributed by atoms with Crippen molar-refractivity contribution in [3.05, 3.63) is 17.3 Å². The molecule has 1 fully saturated rings. The van der Waals surface area contributed by atoms with Crippen LogP contribution >= 0.6 is 11.3 Å². The van der Waals surface area contributed by atoms with Crippen molar-refractivity contribution in [2.24, 2.45) is 5.73 Å². The van der Waals surface area contributed by atoms with Gasteiger partial charge in [0.15, 0.2) is 10.8 Å². The topological polar surface area (TPSA) is 46.6 Å². The third-order valence-corrected chi connectivity index (χ3v) is 5.40. The molecule has 21 heavy (non-hydrogen) atoms. The number of hydrogen-bond acceptors (Lipinski definition) is 4. The molecule has 0 bridgehead atoms. The Morgan fingerprint density at radius 1 is 1.43 bits per heavy atom. The van der Waals surface area contributed by atoms with Gasteiger partial charge in [0.05, 0.1) is 5.69 Å². The van der Waals surface area contributed by atoms with Gasteiger partial charge < -0.3 is 10.6 Å². The maximum Gasteiger partial charge on any atom is 0.195 e. The standard InChI is InChI=1S/C16H26N4S/c1-3-13(17)11-14-15(18-16-20(14)9-10-21-16)19-8-6-4-5-7-12(19)2/h9-10,12-13H,3-8,11,17H2,1-2H3. The van der Waals surface area contributed by atoms with E-state index in [4.69, 9.17) is 10.7 Å². The second kappa shape index (κ2) is 6.36. The number of fused-ring (bicyclic) bond motifs is 1. The van der Waals surface area contributed by atoms with Crippen LogP contribution in [0, 0.1) is 0 Å². The van der Waals surface area contributed by atoms with Crippen molar-refractivity contribution >= 4 is 22.1 Å². The summed E-state index contributed by atoms with van der Waals surface area (Å²) >= 11 is 1.71. The zero-order chi connectivity index (χ0) is 14.8. The third kappa shape index (κ3) is 2.94. The van der Waals surface area contributed by atoms with E-state index in [0.29, 0.717) is 6.04 Å². The van der Waals surface area contributed by atoms with Crippen molar-refractivity contribution in [2.45, 2.75) is 64.5 Å². The number of anilines is 1. The van der Waals surface area contributed by atoms with E-state index in [1.807, 2.05) is 0 Å². The molecule has 1 aliphatic heterocycles. The van der Waals surface area contributed by atoms with Crippen LogP contribution in [0.25, 0.3) is 4.96 Å². The molecule has 1 aliphatic rings. The first-order valence-corrected chi connectivity index (χ1v) is 9.05. The van der Waals surface area contributed by atoms with E-state index in [0.717, 1.165) is 24.3 Å². The molecule has 1 saturated heterocycles. The van der Waals surface area contributed by atoms with Crippen LogP contribution in [0.3, 0.4) is 0 Å². The number of aromatic nitrogens is 2. The zero-order valence-electron chi connectivity index (χ0n) is 13.1. The zero-order valence-corrected chi connectivity index (χ0v) is 13.9. The second-order valence-corrected chi connectivity index (χ2v) is 7.07. The van der Waals surface area contributed by atoms with Crippen LogP contribution in [0.15, 0.2) is 11.6 Å². The van der Waals surface area contributed by atoms with E-state index in [1.165, 1.54) is 37.2 Å². The summed E-state index contributed by atoms with van der Waals surface area (Å²) in [6.45, 7) is 5.62.